The zero-order valence-corrected chi connectivity index (χ0v) is 14.7. The van der Waals surface area contributed by atoms with E-state index in [0.29, 0.717) is 35.5 Å². The van der Waals surface area contributed by atoms with Gasteiger partial charge in [0.2, 0.25) is 17.7 Å². The van der Waals surface area contributed by atoms with E-state index >= 15 is 0 Å². The molecule has 3 N–H and O–H groups in total. The van der Waals surface area contributed by atoms with Gasteiger partial charge in [-0.25, -0.2) is 0 Å². The van der Waals surface area contributed by atoms with Gasteiger partial charge in [-0.1, -0.05) is 12.1 Å². The summed E-state index contributed by atoms with van der Waals surface area (Å²) >= 11 is 0. The summed E-state index contributed by atoms with van der Waals surface area (Å²) in [5.41, 5.74) is 0.760. The Morgan fingerprint density at radius 2 is 1.44 bits per heavy atom. The molecule has 1 aliphatic rings. The van der Waals surface area contributed by atoms with Crippen LogP contribution in [0.15, 0.2) is 48.5 Å². The van der Waals surface area contributed by atoms with Gasteiger partial charge in [-0.15, -0.1) is 0 Å². The SMILES string of the molecule is CC(=O)Nc1ccc(NC(=O)C2(C(=O)Nc3ccccc3C#N)CC2)cc1. The summed E-state index contributed by atoms with van der Waals surface area (Å²) in [6, 6.07) is 15.3. The van der Waals surface area contributed by atoms with Crippen LogP contribution >= 0.6 is 0 Å². The van der Waals surface area contributed by atoms with Crippen LogP contribution in [0.3, 0.4) is 0 Å². The number of benzene rings is 2. The molecule has 0 spiro atoms. The van der Waals surface area contributed by atoms with E-state index in [9.17, 15) is 14.4 Å². The van der Waals surface area contributed by atoms with Crippen molar-refractivity contribution >= 4 is 34.8 Å². The average molecular weight is 362 g/mol. The molecule has 136 valence electrons. The number of anilines is 3. The van der Waals surface area contributed by atoms with Crippen molar-refractivity contribution in [3.8, 4) is 6.07 Å². The smallest absolute Gasteiger partial charge is 0.240 e. The summed E-state index contributed by atoms with van der Waals surface area (Å²) in [4.78, 5) is 36.3. The van der Waals surface area contributed by atoms with Gasteiger partial charge in [0.1, 0.15) is 11.5 Å². The predicted molar refractivity (Wildman–Crippen MR) is 101 cm³/mol. The molecule has 0 saturated heterocycles. The lowest BCUT2D eigenvalue weighted by Gasteiger charge is -2.16. The molecule has 0 bridgehead atoms. The Morgan fingerprint density at radius 3 is 2.00 bits per heavy atom. The van der Waals surface area contributed by atoms with Gasteiger partial charge in [0.25, 0.3) is 0 Å². The summed E-state index contributed by atoms with van der Waals surface area (Å²) in [5, 5.41) is 17.2. The van der Waals surface area contributed by atoms with Crippen LogP contribution in [0.4, 0.5) is 17.1 Å². The van der Waals surface area contributed by atoms with Crippen LogP contribution in [-0.4, -0.2) is 17.7 Å². The van der Waals surface area contributed by atoms with Crippen molar-refractivity contribution in [2.75, 3.05) is 16.0 Å². The molecule has 2 aromatic carbocycles. The second kappa shape index (κ2) is 7.30. The third-order valence-corrected chi connectivity index (χ3v) is 4.38. The number of hydrogen-bond acceptors (Lipinski definition) is 4. The molecule has 0 atom stereocenters. The normalized spacial score (nSPS) is 13.8. The summed E-state index contributed by atoms with van der Waals surface area (Å²) < 4.78 is 0. The van der Waals surface area contributed by atoms with Crippen LogP contribution in [0.1, 0.15) is 25.3 Å². The summed E-state index contributed by atoms with van der Waals surface area (Å²) in [6.45, 7) is 1.41. The standard InChI is InChI=1S/C20H18N4O3/c1-13(25)22-15-6-8-16(9-7-15)23-18(26)20(10-11-20)19(27)24-17-5-3-2-4-14(17)12-21/h2-9H,10-11H2,1H3,(H,22,25)(H,23,26)(H,24,27). The zero-order valence-electron chi connectivity index (χ0n) is 14.7. The van der Waals surface area contributed by atoms with Crippen LogP contribution in [0.5, 0.6) is 0 Å². The molecule has 1 saturated carbocycles. The molecule has 27 heavy (non-hydrogen) atoms. The van der Waals surface area contributed by atoms with E-state index in [1.165, 1.54) is 6.92 Å². The maximum atomic E-state index is 12.6. The van der Waals surface area contributed by atoms with E-state index in [2.05, 4.69) is 16.0 Å². The van der Waals surface area contributed by atoms with Crippen LogP contribution in [0.25, 0.3) is 0 Å². The lowest BCUT2D eigenvalue weighted by atomic mass is 10.0. The number of carbonyl (C=O) groups is 3. The van der Waals surface area contributed by atoms with Gasteiger partial charge in [0.05, 0.1) is 11.3 Å². The number of nitrogens with one attached hydrogen (secondary N) is 3. The van der Waals surface area contributed by atoms with Crippen LogP contribution in [0, 0.1) is 16.7 Å². The molecule has 0 aromatic heterocycles. The molecule has 7 nitrogen and oxygen atoms in total. The highest BCUT2D eigenvalue weighted by Gasteiger charge is 2.56. The Kier molecular flexibility index (Phi) is 4.90. The summed E-state index contributed by atoms with van der Waals surface area (Å²) in [6.07, 6.45) is 0.896. The molecular weight excluding hydrogens is 344 g/mol. The molecule has 0 heterocycles. The second-order valence-electron chi connectivity index (χ2n) is 6.41. The third-order valence-electron chi connectivity index (χ3n) is 4.38. The quantitative estimate of drug-likeness (QED) is 0.710. The Labute approximate surface area is 156 Å². The summed E-state index contributed by atoms with van der Waals surface area (Å²) in [5.74, 6) is -0.989. The first-order valence-corrected chi connectivity index (χ1v) is 8.44. The van der Waals surface area contributed by atoms with Crippen LogP contribution in [-0.2, 0) is 14.4 Å². The predicted octanol–water partition coefficient (Wildman–Crippen LogP) is 2.87. The molecular formula is C20H18N4O3. The highest BCUT2D eigenvalue weighted by molar-refractivity contribution is 6.17. The molecule has 0 radical (unpaired) electrons. The fourth-order valence-corrected chi connectivity index (χ4v) is 2.70. The van der Waals surface area contributed by atoms with E-state index < -0.39 is 11.3 Å². The minimum atomic E-state index is -1.13. The van der Waals surface area contributed by atoms with E-state index in [0.717, 1.165) is 0 Å². The molecule has 7 heteroatoms. The monoisotopic (exact) mass is 362 g/mol. The largest absolute Gasteiger partial charge is 0.326 e. The Hall–Kier alpha value is -3.66. The molecule has 1 fully saturated rings. The van der Waals surface area contributed by atoms with Crippen molar-refractivity contribution in [3.63, 3.8) is 0 Å². The maximum absolute atomic E-state index is 12.6. The van der Waals surface area contributed by atoms with Crippen molar-refractivity contribution in [1.82, 2.24) is 0 Å². The van der Waals surface area contributed by atoms with Gasteiger partial charge >= 0.3 is 0 Å². The minimum absolute atomic E-state index is 0.182. The Balaban J connectivity index is 1.68. The molecule has 3 amide bonds. The minimum Gasteiger partial charge on any atom is -0.326 e. The number of carbonyl (C=O) groups excluding carboxylic acids is 3. The molecule has 3 rings (SSSR count). The highest BCUT2D eigenvalue weighted by atomic mass is 16.2. The van der Waals surface area contributed by atoms with Gasteiger partial charge in [-0.3, -0.25) is 14.4 Å². The van der Waals surface area contributed by atoms with E-state index in [4.69, 9.17) is 5.26 Å². The Morgan fingerprint density at radius 1 is 0.889 bits per heavy atom. The molecule has 1 aliphatic carbocycles. The number of nitrogens with zero attached hydrogens (tertiary/aromatic N) is 1. The zero-order chi connectivity index (χ0) is 19.4. The van der Waals surface area contributed by atoms with E-state index in [1.807, 2.05) is 6.07 Å². The first kappa shape index (κ1) is 18.1. The number of hydrogen-bond donors (Lipinski definition) is 3. The number of rotatable bonds is 5. The fourth-order valence-electron chi connectivity index (χ4n) is 2.70. The van der Waals surface area contributed by atoms with Gasteiger partial charge in [-0.05, 0) is 49.2 Å². The van der Waals surface area contributed by atoms with Crippen LogP contribution < -0.4 is 16.0 Å². The lowest BCUT2D eigenvalue weighted by molar-refractivity contribution is -0.131. The maximum Gasteiger partial charge on any atom is 0.240 e. The highest BCUT2D eigenvalue weighted by Crippen LogP contribution is 2.47. The van der Waals surface area contributed by atoms with Crippen molar-refractivity contribution in [2.24, 2.45) is 5.41 Å². The Bertz CT molecular complexity index is 940. The third kappa shape index (κ3) is 3.96. The van der Waals surface area contributed by atoms with Gasteiger partial charge in [0, 0.05) is 18.3 Å². The lowest BCUT2D eigenvalue weighted by Crippen LogP contribution is -2.35. The van der Waals surface area contributed by atoms with Crippen molar-refractivity contribution in [2.45, 2.75) is 19.8 Å². The molecule has 0 unspecified atom stereocenters. The van der Waals surface area contributed by atoms with Crippen molar-refractivity contribution < 1.29 is 14.4 Å². The van der Waals surface area contributed by atoms with Gasteiger partial charge in [-0.2, -0.15) is 5.26 Å². The number of amides is 3. The average Bonchev–Trinajstić information content (AvgIpc) is 3.45. The van der Waals surface area contributed by atoms with Crippen molar-refractivity contribution in [3.05, 3.63) is 54.1 Å². The molecule has 2 aromatic rings. The van der Waals surface area contributed by atoms with Gasteiger partial charge < -0.3 is 16.0 Å². The number of para-hydroxylation sites is 1. The summed E-state index contributed by atoms with van der Waals surface area (Å²) in [7, 11) is 0. The fraction of sp³-hybridized carbons (Fsp3) is 0.200. The van der Waals surface area contributed by atoms with E-state index in [-0.39, 0.29) is 11.8 Å². The first-order valence-electron chi connectivity index (χ1n) is 8.44. The second-order valence-corrected chi connectivity index (χ2v) is 6.41. The van der Waals surface area contributed by atoms with Crippen LogP contribution in [0.2, 0.25) is 0 Å². The van der Waals surface area contributed by atoms with E-state index in [1.54, 1.807) is 48.5 Å². The molecule has 0 aliphatic heterocycles. The first-order chi connectivity index (χ1) is 12.9. The number of nitriles is 1. The van der Waals surface area contributed by atoms with Crippen molar-refractivity contribution in [1.29, 1.82) is 5.26 Å². The topological polar surface area (TPSA) is 111 Å². The van der Waals surface area contributed by atoms with Gasteiger partial charge in [0.15, 0.2) is 0 Å².